The third-order valence-corrected chi connectivity index (χ3v) is 4.24. The van der Waals surface area contributed by atoms with E-state index in [0.29, 0.717) is 5.56 Å². The summed E-state index contributed by atoms with van der Waals surface area (Å²) in [5.41, 5.74) is 0.971. The van der Waals surface area contributed by atoms with Crippen LogP contribution in [-0.4, -0.2) is 22.9 Å². The number of hydrogen-bond donors (Lipinski definition) is 0. The van der Waals surface area contributed by atoms with E-state index in [0.717, 1.165) is 43.1 Å². The minimum absolute atomic E-state index is 0.00721. The second-order valence-electron chi connectivity index (χ2n) is 5.63. The van der Waals surface area contributed by atoms with E-state index < -0.39 is 0 Å². The molecule has 0 amide bonds. The molecular formula is C15H22N2O2. The molecule has 104 valence electrons. The van der Waals surface area contributed by atoms with Gasteiger partial charge in [0.15, 0.2) is 11.6 Å². The zero-order valence-corrected chi connectivity index (χ0v) is 12.2. The van der Waals surface area contributed by atoms with E-state index in [1.165, 1.54) is 0 Å². The highest BCUT2D eigenvalue weighted by atomic mass is 16.5. The van der Waals surface area contributed by atoms with Crippen LogP contribution < -0.4 is 0 Å². The maximum Gasteiger partial charge on any atom is 0.163 e. The van der Waals surface area contributed by atoms with Crippen LogP contribution in [0, 0.1) is 12.8 Å². The summed E-state index contributed by atoms with van der Waals surface area (Å²) in [6.07, 6.45) is 5.79. The van der Waals surface area contributed by atoms with E-state index in [9.17, 15) is 4.79 Å². The van der Waals surface area contributed by atoms with Gasteiger partial charge in [0, 0.05) is 13.3 Å². The molecule has 4 heteroatoms. The Balaban J connectivity index is 2.34. The van der Waals surface area contributed by atoms with Crippen LogP contribution >= 0.6 is 0 Å². The van der Waals surface area contributed by atoms with Gasteiger partial charge in [-0.3, -0.25) is 4.79 Å². The summed E-state index contributed by atoms with van der Waals surface area (Å²) in [6.45, 7) is 5.67. The number of methoxy groups -OCH3 is 1. The fourth-order valence-corrected chi connectivity index (χ4v) is 2.78. The van der Waals surface area contributed by atoms with E-state index in [1.54, 1.807) is 20.2 Å². The molecule has 0 bridgehead atoms. The number of carbonyl (C=O) groups is 1. The fourth-order valence-electron chi connectivity index (χ4n) is 2.78. The largest absolute Gasteiger partial charge is 0.370 e. The first-order chi connectivity index (χ1) is 8.98. The number of ketones is 1. The molecule has 4 nitrogen and oxygen atoms in total. The molecular weight excluding hydrogens is 240 g/mol. The third-order valence-electron chi connectivity index (χ3n) is 4.24. The minimum Gasteiger partial charge on any atom is -0.370 e. The van der Waals surface area contributed by atoms with Gasteiger partial charge in [0.1, 0.15) is 5.60 Å². The molecule has 1 heterocycles. The Hall–Kier alpha value is -1.29. The van der Waals surface area contributed by atoms with Crippen LogP contribution in [0.15, 0.2) is 6.20 Å². The number of carbonyl (C=O) groups excluding carboxylic acids is 1. The first-order valence-electron chi connectivity index (χ1n) is 6.89. The number of ether oxygens (including phenoxy) is 1. The van der Waals surface area contributed by atoms with E-state index >= 15 is 0 Å². The predicted octanol–water partition coefficient (Wildman–Crippen LogP) is 3.04. The zero-order chi connectivity index (χ0) is 14.0. The summed E-state index contributed by atoms with van der Waals surface area (Å²) in [4.78, 5) is 20.4. The topological polar surface area (TPSA) is 52.1 Å². The van der Waals surface area contributed by atoms with Gasteiger partial charge in [-0.15, -0.1) is 0 Å². The Morgan fingerprint density at radius 1 is 1.42 bits per heavy atom. The first kappa shape index (κ1) is 14.1. The van der Waals surface area contributed by atoms with Crippen molar-refractivity contribution in [1.82, 2.24) is 9.97 Å². The lowest BCUT2D eigenvalue weighted by atomic mass is 9.79. The highest BCUT2D eigenvalue weighted by Gasteiger charge is 2.38. The monoisotopic (exact) mass is 262 g/mol. The van der Waals surface area contributed by atoms with Crippen molar-refractivity contribution < 1.29 is 9.53 Å². The van der Waals surface area contributed by atoms with Gasteiger partial charge in [0.25, 0.3) is 0 Å². The molecule has 1 aromatic rings. The molecule has 1 saturated carbocycles. The van der Waals surface area contributed by atoms with Crippen LogP contribution in [0.4, 0.5) is 0 Å². The number of nitrogens with zero attached hydrogens (tertiary/aromatic N) is 2. The van der Waals surface area contributed by atoms with Gasteiger partial charge in [-0.25, -0.2) is 9.97 Å². The van der Waals surface area contributed by atoms with E-state index in [1.807, 2.05) is 6.92 Å². The minimum atomic E-state index is -0.368. The Bertz CT molecular complexity index is 477. The number of aryl methyl sites for hydroxylation is 1. The Morgan fingerprint density at radius 2 is 2.05 bits per heavy atom. The van der Waals surface area contributed by atoms with Crippen molar-refractivity contribution in [2.45, 2.75) is 52.1 Å². The molecule has 0 aromatic carbocycles. The van der Waals surface area contributed by atoms with E-state index in [-0.39, 0.29) is 11.4 Å². The van der Waals surface area contributed by atoms with Gasteiger partial charge in [-0.1, -0.05) is 6.92 Å². The highest BCUT2D eigenvalue weighted by Crippen LogP contribution is 2.40. The number of hydrogen-bond acceptors (Lipinski definition) is 4. The van der Waals surface area contributed by atoms with Gasteiger partial charge < -0.3 is 4.74 Å². The summed E-state index contributed by atoms with van der Waals surface area (Å²) in [7, 11) is 1.73. The Kier molecular flexibility index (Phi) is 3.99. The molecule has 1 aliphatic rings. The van der Waals surface area contributed by atoms with E-state index in [4.69, 9.17) is 4.74 Å². The van der Waals surface area contributed by atoms with Crippen LogP contribution in [0.3, 0.4) is 0 Å². The van der Waals surface area contributed by atoms with Crippen LogP contribution in [0.1, 0.15) is 61.4 Å². The summed E-state index contributed by atoms with van der Waals surface area (Å²) in [6, 6.07) is 0. The van der Waals surface area contributed by atoms with Crippen LogP contribution in [-0.2, 0) is 10.3 Å². The molecule has 2 rings (SSSR count). The lowest BCUT2D eigenvalue weighted by molar-refractivity contribution is -0.0598. The Labute approximate surface area is 114 Å². The van der Waals surface area contributed by atoms with Crippen molar-refractivity contribution in [3.8, 4) is 0 Å². The predicted molar refractivity (Wildman–Crippen MR) is 73.1 cm³/mol. The maximum atomic E-state index is 11.4. The molecule has 19 heavy (non-hydrogen) atoms. The lowest BCUT2D eigenvalue weighted by Gasteiger charge is -2.37. The smallest absolute Gasteiger partial charge is 0.163 e. The molecule has 0 N–H and O–H groups in total. The van der Waals surface area contributed by atoms with Gasteiger partial charge in [-0.2, -0.15) is 0 Å². The van der Waals surface area contributed by atoms with Crippen molar-refractivity contribution in [3.63, 3.8) is 0 Å². The molecule has 1 fully saturated rings. The highest BCUT2D eigenvalue weighted by molar-refractivity contribution is 5.94. The molecule has 0 saturated heterocycles. The lowest BCUT2D eigenvalue weighted by Crippen LogP contribution is -2.35. The second-order valence-corrected chi connectivity index (χ2v) is 5.63. The maximum absolute atomic E-state index is 11.4. The number of rotatable bonds is 3. The van der Waals surface area contributed by atoms with Crippen molar-refractivity contribution in [2.75, 3.05) is 7.11 Å². The Morgan fingerprint density at radius 3 is 2.53 bits per heavy atom. The van der Waals surface area contributed by atoms with Crippen molar-refractivity contribution in [1.29, 1.82) is 0 Å². The van der Waals surface area contributed by atoms with Gasteiger partial charge in [-0.05, 0) is 45.4 Å². The van der Waals surface area contributed by atoms with Crippen molar-refractivity contribution in [2.24, 2.45) is 5.92 Å². The van der Waals surface area contributed by atoms with Gasteiger partial charge in [0.05, 0.1) is 11.3 Å². The molecule has 0 aliphatic heterocycles. The van der Waals surface area contributed by atoms with Crippen LogP contribution in [0.2, 0.25) is 0 Å². The standard InChI is InChI=1S/C15H22N2O2/c1-10-5-7-15(19-4,8-6-10)14-16-9-13(12(3)18)11(2)17-14/h9-10H,5-8H2,1-4H3. The summed E-state index contributed by atoms with van der Waals surface area (Å²) in [5.74, 6) is 1.47. The molecule has 0 spiro atoms. The summed E-state index contributed by atoms with van der Waals surface area (Å²) < 4.78 is 5.76. The van der Waals surface area contributed by atoms with Crippen molar-refractivity contribution in [3.05, 3.63) is 23.3 Å². The van der Waals surface area contributed by atoms with E-state index in [2.05, 4.69) is 16.9 Å². The molecule has 1 aromatic heterocycles. The average molecular weight is 262 g/mol. The summed E-state index contributed by atoms with van der Waals surface area (Å²) >= 11 is 0. The van der Waals surface area contributed by atoms with Gasteiger partial charge >= 0.3 is 0 Å². The number of aromatic nitrogens is 2. The zero-order valence-electron chi connectivity index (χ0n) is 12.2. The SMILES string of the molecule is COC1(c2ncc(C(C)=O)c(C)n2)CCC(C)CC1. The van der Waals surface area contributed by atoms with Crippen LogP contribution in [0.25, 0.3) is 0 Å². The van der Waals surface area contributed by atoms with Gasteiger partial charge in [0.2, 0.25) is 0 Å². The second kappa shape index (κ2) is 5.37. The fraction of sp³-hybridized carbons (Fsp3) is 0.667. The normalized spacial score (nSPS) is 27.3. The average Bonchev–Trinajstić information content (AvgIpc) is 2.39. The number of Topliss-reactive ketones (excluding diaryl/α,β-unsaturated/α-hetero) is 1. The van der Waals surface area contributed by atoms with Crippen molar-refractivity contribution >= 4 is 5.78 Å². The third kappa shape index (κ3) is 2.68. The molecule has 0 atom stereocenters. The molecule has 0 radical (unpaired) electrons. The first-order valence-corrected chi connectivity index (χ1v) is 6.89. The summed E-state index contributed by atoms with van der Waals surface area (Å²) in [5, 5.41) is 0. The van der Waals surface area contributed by atoms with Crippen LogP contribution in [0.5, 0.6) is 0 Å². The molecule has 1 aliphatic carbocycles. The molecule has 0 unspecified atom stereocenters. The quantitative estimate of drug-likeness (QED) is 0.786.